The molecule has 0 aliphatic heterocycles. The lowest BCUT2D eigenvalue weighted by molar-refractivity contribution is 0.905. The molecule has 1 unspecified atom stereocenters. The number of hydrogen-bond acceptors (Lipinski definition) is 4. The van der Waals surface area contributed by atoms with Gasteiger partial charge in [-0.15, -0.1) is 11.3 Å². The Morgan fingerprint density at radius 1 is 1.22 bits per heavy atom. The molecule has 2 rings (SSSR count). The first kappa shape index (κ1) is 12.9. The van der Waals surface area contributed by atoms with Crippen molar-refractivity contribution in [3.05, 3.63) is 40.2 Å². The molecule has 0 aliphatic carbocycles. The Hall–Kier alpha value is -1.55. The molecule has 0 aliphatic rings. The van der Waals surface area contributed by atoms with Crippen molar-refractivity contribution < 1.29 is 0 Å². The zero-order valence-electron chi connectivity index (χ0n) is 11.3. The van der Waals surface area contributed by atoms with E-state index >= 15 is 0 Å². The Kier molecular flexibility index (Phi) is 3.87. The fraction of sp³-hybridized carbons (Fsp3) is 0.357. The van der Waals surface area contributed by atoms with E-state index in [4.69, 9.17) is 0 Å². The van der Waals surface area contributed by atoms with E-state index in [1.54, 1.807) is 0 Å². The van der Waals surface area contributed by atoms with E-state index in [1.807, 2.05) is 42.6 Å². The molecule has 0 fully saturated rings. The molecule has 2 aromatic rings. The maximum absolute atomic E-state index is 4.40. The quantitative estimate of drug-likeness (QED) is 0.909. The van der Waals surface area contributed by atoms with Crippen molar-refractivity contribution in [3.63, 3.8) is 0 Å². The van der Waals surface area contributed by atoms with Gasteiger partial charge in [-0.2, -0.15) is 0 Å². The minimum Gasteiger partial charge on any atom is -0.376 e. The molecule has 2 aromatic heterocycles. The van der Waals surface area contributed by atoms with Gasteiger partial charge in [0.15, 0.2) is 0 Å². The van der Waals surface area contributed by atoms with Crippen molar-refractivity contribution in [2.24, 2.45) is 0 Å². The highest BCUT2D eigenvalue weighted by atomic mass is 32.1. The summed E-state index contributed by atoms with van der Waals surface area (Å²) in [6.45, 7) is 4.31. The summed E-state index contributed by atoms with van der Waals surface area (Å²) in [6, 6.07) is 8.74. The average molecular weight is 261 g/mol. The molecule has 0 saturated heterocycles. The monoisotopic (exact) mass is 261 g/mol. The van der Waals surface area contributed by atoms with Crippen molar-refractivity contribution in [2.75, 3.05) is 24.3 Å². The third kappa shape index (κ3) is 3.01. The van der Waals surface area contributed by atoms with Gasteiger partial charge in [0.05, 0.1) is 17.9 Å². The molecule has 2 heterocycles. The summed E-state index contributed by atoms with van der Waals surface area (Å²) in [5, 5.41) is 3.47. The van der Waals surface area contributed by atoms with Gasteiger partial charge in [-0.05, 0) is 38.1 Å². The third-order valence-corrected chi connectivity index (χ3v) is 3.96. The van der Waals surface area contributed by atoms with E-state index in [-0.39, 0.29) is 0 Å². The van der Waals surface area contributed by atoms with Gasteiger partial charge in [-0.1, -0.05) is 0 Å². The van der Waals surface area contributed by atoms with Gasteiger partial charge in [0.25, 0.3) is 0 Å². The molecule has 1 N–H and O–H groups in total. The second kappa shape index (κ2) is 5.40. The van der Waals surface area contributed by atoms with Crippen molar-refractivity contribution in [3.8, 4) is 0 Å². The molecule has 0 saturated carbocycles. The molecular weight excluding hydrogens is 242 g/mol. The predicted octanol–water partition coefficient (Wildman–Crippen LogP) is 3.69. The smallest absolute Gasteiger partial charge is 0.128 e. The summed E-state index contributed by atoms with van der Waals surface area (Å²) in [5.41, 5.74) is 1.05. The van der Waals surface area contributed by atoms with Crippen molar-refractivity contribution in [1.29, 1.82) is 0 Å². The first-order chi connectivity index (χ1) is 8.56. The van der Waals surface area contributed by atoms with Crippen LogP contribution in [-0.4, -0.2) is 19.1 Å². The van der Waals surface area contributed by atoms with Crippen LogP contribution in [0.15, 0.2) is 30.5 Å². The SMILES string of the molecule is Cc1ccc(C(C)Nc2ccc(N(C)C)nc2)s1. The van der Waals surface area contributed by atoms with Gasteiger partial charge in [-0.3, -0.25) is 0 Å². The normalized spacial score (nSPS) is 12.2. The lowest BCUT2D eigenvalue weighted by Crippen LogP contribution is -2.11. The largest absolute Gasteiger partial charge is 0.376 e. The standard InChI is InChI=1S/C14H19N3S/c1-10-5-7-13(18-10)11(2)16-12-6-8-14(15-9-12)17(3)4/h5-9,11,16H,1-4H3. The van der Waals surface area contributed by atoms with Gasteiger partial charge in [0, 0.05) is 23.8 Å². The van der Waals surface area contributed by atoms with Crippen LogP contribution in [0.25, 0.3) is 0 Å². The number of anilines is 2. The molecule has 0 bridgehead atoms. The van der Waals surface area contributed by atoms with Crippen molar-refractivity contribution in [1.82, 2.24) is 4.98 Å². The second-order valence-electron chi connectivity index (χ2n) is 4.61. The van der Waals surface area contributed by atoms with Crippen LogP contribution >= 0.6 is 11.3 Å². The van der Waals surface area contributed by atoms with Gasteiger partial charge < -0.3 is 10.2 Å². The van der Waals surface area contributed by atoms with Gasteiger partial charge >= 0.3 is 0 Å². The predicted molar refractivity (Wildman–Crippen MR) is 79.7 cm³/mol. The van der Waals surface area contributed by atoms with E-state index in [1.165, 1.54) is 9.75 Å². The van der Waals surface area contributed by atoms with Crippen LogP contribution < -0.4 is 10.2 Å². The summed E-state index contributed by atoms with van der Waals surface area (Å²) in [7, 11) is 3.99. The van der Waals surface area contributed by atoms with Crippen LogP contribution in [-0.2, 0) is 0 Å². The molecule has 0 aromatic carbocycles. The number of hydrogen-bond donors (Lipinski definition) is 1. The molecule has 4 heteroatoms. The number of nitrogens with zero attached hydrogens (tertiary/aromatic N) is 2. The van der Waals surface area contributed by atoms with Gasteiger partial charge in [-0.25, -0.2) is 4.98 Å². The lowest BCUT2D eigenvalue weighted by Gasteiger charge is -2.15. The van der Waals surface area contributed by atoms with Gasteiger partial charge in [0.1, 0.15) is 5.82 Å². The minimum atomic E-state index is 0.315. The van der Waals surface area contributed by atoms with E-state index in [9.17, 15) is 0 Å². The van der Waals surface area contributed by atoms with Crippen LogP contribution in [0, 0.1) is 6.92 Å². The highest BCUT2D eigenvalue weighted by Crippen LogP contribution is 2.25. The summed E-state index contributed by atoms with van der Waals surface area (Å²) in [4.78, 5) is 9.09. The third-order valence-electron chi connectivity index (χ3n) is 2.78. The van der Waals surface area contributed by atoms with E-state index in [2.05, 4.69) is 42.3 Å². The van der Waals surface area contributed by atoms with E-state index in [0.717, 1.165) is 11.5 Å². The fourth-order valence-corrected chi connectivity index (χ4v) is 2.62. The summed E-state index contributed by atoms with van der Waals surface area (Å²) < 4.78 is 0. The first-order valence-corrected chi connectivity index (χ1v) is 6.84. The Bertz CT molecular complexity index is 502. The highest BCUT2D eigenvalue weighted by molar-refractivity contribution is 7.12. The molecule has 18 heavy (non-hydrogen) atoms. The number of aryl methyl sites for hydroxylation is 1. The van der Waals surface area contributed by atoms with Crippen molar-refractivity contribution >= 4 is 22.8 Å². The molecular formula is C14H19N3S. The average Bonchev–Trinajstić information content (AvgIpc) is 2.76. The lowest BCUT2D eigenvalue weighted by atomic mass is 10.2. The zero-order valence-corrected chi connectivity index (χ0v) is 12.1. The molecule has 3 nitrogen and oxygen atoms in total. The summed E-state index contributed by atoms with van der Waals surface area (Å²) in [6.07, 6.45) is 1.88. The maximum Gasteiger partial charge on any atom is 0.128 e. The Morgan fingerprint density at radius 3 is 2.50 bits per heavy atom. The molecule has 0 amide bonds. The van der Waals surface area contributed by atoms with E-state index in [0.29, 0.717) is 6.04 Å². The number of aromatic nitrogens is 1. The Morgan fingerprint density at radius 2 is 2.00 bits per heavy atom. The molecule has 0 spiro atoms. The fourth-order valence-electron chi connectivity index (χ4n) is 1.74. The highest BCUT2D eigenvalue weighted by Gasteiger charge is 2.07. The Labute approximate surface area is 112 Å². The topological polar surface area (TPSA) is 28.2 Å². The summed E-state index contributed by atoms with van der Waals surface area (Å²) in [5.74, 6) is 0.972. The maximum atomic E-state index is 4.40. The number of nitrogens with one attached hydrogen (secondary N) is 1. The Balaban J connectivity index is 2.05. The number of rotatable bonds is 4. The first-order valence-electron chi connectivity index (χ1n) is 6.02. The van der Waals surface area contributed by atoms with Gasteiger partial charge in [0.2, 0.25) is 0 Å². The van der Waals surface area contributed by atoms with Crippen LogP contribution in [0.5, 0.6) is 0 Å². The molecule has 1 atom stereocenters. The van der Waals surface area contributed by atoms with E-state index < -0.39 is 0 Å². The molecule has 0 radical (unpaired) electrons. The van der Waals surface area contributed by atoms with Crippen LogP contribution in [0.3, 0.4) is 0 Å². The second-order valence-corrected chi connectivity index (χ2v) is 5.93. The van der Waals surface area contributed by atoms with Crippen LogP contribution in [0.4, 0.5) is 11.5 Å². The van der Waals surface area contributed by atoms with Crippen LogP contribution in [0.2, 0.25) is 0 Å². The molecule has 96 valence electrons. The minimum absolute atomic E-state index is 0.315. The van der Waals surface area contributed by atoms with Crippen LogP contribution in [0.1, 0.15) is 22.7 Å². The number of pyridine rings is 1. The zero-order chi connectivity index (χ0) is 13.1. The summed E-state index contributed by atoms with van der Waals surface area (Å²) >= 11 is 1.83. The van der Waals surface area contributed by atoms with Crippen molar-refractivity contribution in [2.45, 2.75) is 19.9 Å². The number of thiophene rings is 1.